The molecule has 126 valence electrons. The lowest BCUT2D eigenvalue weighted by Gasteiger charge is -2.37. The molecule has 1 aliphatic heterocycles. The summed E-state index contributed by atoms with van der Waals surface area (Å²) in [4.78, 5) is 18.6. The minimum Gasteiger partial charge on any atom is -0.333 e. The third-order valence-electron chi connectivity index (χ3n) is 5.07. The van der Waals surface area contributed by atoms with Gasteiger partial charge in [-0.05, 0) is 31.4 Å². The van der Waals surface area contributed by atoms with E-state index in [1.807, 2.05) is 0 Å². The Hall–Kier alpha value is -2.02. The second kappa shape index (κ2) is 5.51. The quantitative estimate of drug-likeness (QED) is 0.792. The van der Waals surface area contributed by atoms with Gasteiger partial charge < -0.3 is 4.90 Å². The summed E-state index contributed by atoms with van der Waals surface area (Å²) in [5, 5.41) is 0.120. The van der Waals surface area contributed by atoms with Gasteiger partial charge in [-0.25, -0.2) is 12.8 Å². The monoisotopic (exact) mass is 348 g/mol. The van der Waals surface area contributed by atoms with Crippen molar-refractivity contribution in [2.75, 3.05) is 12.3 Å². The maximum atomic E-state index is 13.7. The van der Waals surface area contributed by atoms with Crippen LogP contribution in [-0.4, -0.2) is 47.8 Å². The number of halogens is 1. The van der Waals surface area contributed by atoms with Crippen LogP contribution in [0.25, 0.3) is 10.9 Å². The topological polar surface area (TPSA) is 67.3 Å². The molecule has 24 heavy (non-hydrogen) atoms. The molecule has 1 aliphatic carbocycles. The highest BCUT2D eigenvalue weighted by molar-refractivity contribution is 7.92. The third kappa shape index (κ3) is 2.38. The van der Waals surface area contributed by atoms with Crippen LogP contribution < -0.4 is 0 Å². The summed E-state index contributed by atoms with van der Waals surface area (Å²) >= 11 is 0. The Morgan fingerprint density at radius 3 is 2.96 bits per heavy atom. The number of carbonyl (C=O) groups is 1. The summed E-state index contributed by atoms with van der Waals surface area (Å²) in [7, 11) is -3.11. The SMILES string of the molecule is O=C(c1cnc2c(F)cccc2c1)N1CCS(=O)(=O)[C@H]2CCC[C@@H]21. The molecule has 0 bridgehead atoms. The standard InChI is InChI=1S/C17H17FN2O3S/c18-13-4-1-3-11-9-12(10-19-16(11)13)17(21)20-7-8-24(22,23)15-6-2-5-14(15)20/h1,3-4,9-10,14-15H,2,5-8H2/t14-,15-/m0/s1. The summed E-state index contributed by atoms with van der Waals surface area (Å²) in [5.74, 6) is -0.637. The zero-order valence-corrected chi connectivity index (χ0v) is 13.8. The number of benzene rings is 1. The molecule has 5 nitrogen and oxygen atoms in total. The fourth-order valence-corrected chi connectivity index (χ4v) is 5.92. The van der Waals surface area contributed by atoms with E-state index in [-0.39, 0.29) is 29.8 Å². The van der Waals surface area contributed by atoms with E-state index >= 15 is 0 Å². The minimum absolute atomic E-state index is 0.00947. The molecule has 0 spiro atoms. The number of pyridine rings is 1. The van der Waals surface area contributed by atoms with Gasteiger partial charge >= 0.3 is 0 Å². The van der Waals surface area contributed by atoms with Crippen LogP contribution in [0.2, 0.25) is 0 Å². The van der Waals surface area contributed by atoms with Crippen LogP contribution in [0.4, 0.5) is 4.39 Å². The summed E-state index contributed by atoms with van der Waals surface area (Å²) in [6, 6.07) is 5.99. The number of hydrogen-bond donors (Lipinski definition) is 0. The maximum Gasteiger partial charge on any atom is 0.255 e. The molecule has 0 radical (unpaired) electrons. The average Bonchev–Trinajstić information content (AvgIpc) is 3.05. The summed E-state index contributed by atoms with van der Waals surface area (Å²) in [6.45, 7) is 0.212. The molecule has 2 aromatic rings. The first-order valence-electron chi connectivity index (χ1n) is 8.04. The summed E-state index contributed by atoms with van der Waals surface area (Å²) in [6.07, 6.45) is 3.53. The van der Waals surface area contributed by atoms with Crippen molar-refractivity contribution >= 4 is 26.6 Å². The smallest absolute Gasteiger partial charge is 0.255 e. The number of rotatable bonds is 1. The molecule has 1 saturated heterocycles. The number of sulfone groups is 1. The van der Waals surface area contributed by atoms with Gasteiger partial charge in [0.2, 0.25) is 0 Å². The predicted molar refractivity (Wildman–Crippen MR) is 88.0 cm³/mol. The molecule has 0 unspecified atom stereocenters. The van der Waals surface area contributed by atoms with E-state index in [0.29, 0.717) is 23.8 Å². The molecular weight excluding hydrogens is 331 g/mol. The van der Waals surface area contributed by atoms with Crippen molar-refractivity contribution in [3.8, 4) is 0 Å². The molecule has 1 aromatic carbocycles. The molecule has 1 amide bonds. The van der Waals surface area contributed by atoms with E-state index in [9.17, 15) is 17.6 Å². The van der Waals surface area contributed by atoms with Crippen molar-refractivity contribution in [1.29, 1.82) is 0 Å². The normalized spacial score (nSPS) is 25.6. The van der Waals surface area contributed by atoms with Crippen molar-refractivity contribution in [3.05, 3.63) is 41.8 Å². The number of nitrogens with zero attached hydrogens (tertiary/aromatic N) is 2. The van der Waals surface area contributed by atoms with E-state index in [0.717, 1.165) is 6.42 Å². The first kappa shape index (κ1) is 15.5. The molecule has 4 rings (SSSR count). The number of para-hydroxylation sites is 1. The van der Waals surface area contributed by atoms with Crippen LogP contribution in [0.5, 0.6) is 0 Å². The average molecular weight is 348 g/mol. The lowest BCUT2D eigenvalue weighted by molar-refractivity contribution is 0.0686. The van der Waals surface area contributed by atoms with Gasteiger partial charge in [0.15, 0.2) is 9.84 Å². The number of hydrogen-bond acceptors (Lipinski definition) is 4. The van der Waals surface area contributed by atoms with Gasteiger partial charge in [0.05, 0.1) is 16.6 Å². The van der Waals surface area contributed by atoms with Gasteiger partial charge in [-0.1, -0.05) is 12.1 Å². The Kier molecular flexibility index (Phi) is 3.56. The largest absolute Gasteiger partial charge is 0.333 e. The van der Waals surface area contributed by atoms with Crippen LogP contribution >= 0.6 is 0 Å². The van der Waals surface area contributed by atoms with E-state index in [4.69, 9.17) is 0 Å². The molecule has 0 N–H and O–H groups in total. The Bertz CT molecular complexity index is 929. The highest BCUT2D eigenvalue weighted by Crippen LogP contribution is 2.34. The Balaban J connectivity index is 1.69. The van der Waals surface area contributed by atoms with Crippen LogP contribution in [0, 0.1) is 5.82 Å². The first-order chi connectivity index (χ1) is 11.5. The molecule has 7 heteroatoms. The van der Waals surface area contributed by atoms with Gasteiger partial charge in [-0.2, -0.15) is 0 Å². The Morgan fingerprint density at radius 2 is 2.12 bits per heavy atom. The predicted octanol–water partition coefficient (Wildman–Crippen LogP) is 2.17. The van der Waals surface area contributed by atoms with E-state index in [1.165, 1.54) is 12.3 Å². The first-order valence-corrected chi connectivity index (χ1v) is 9.76. The van der Waals surface area contributed by atoms with Gasteiger partial charge in [-0.3, -0.25) is 9.78 Å². The van der Waals surface area contributed by atoms with Gasteiger partial charge in [0.25, 0.3) is 5.91 Å². The van der Waals surface area contributed by atoms with Crippen molar-refractivity contribution in [2.45, 2.75) is 30.6 Å². The molecular formula is C17H17FN2O3S. The number of fused-ring (bicyclic) bond motifs is 2. The lowest BCUT2D eigenvalue weighted by Crippen LogP contribution is -2.54. The molecule has 1 aromatic heterocycles. The van der Waals surface area contributed by atoms with Crippen molar-refractivity contribution in [3.63, 3.8) is 0 Å². The van der Waals surface area contributed by atoms with Crippen molar-refractivity contribution in [2.24, 2.45) is 0 Å². The molecule has 2 fully saturated rings. The highest BCUT2D eigenvalue weighted by atomic mass is 32.2. The van der Waals surface area contributed by atoms with Crippen molar-refractivity contribution < 1.29 is 17.6 Å². The van der Waals surface area contributed by atoms with Crippen LogP contribution in [0.1, 0.15) is 29.6 Å². The van der Waals surface area contributed by atoms with Gasteiger partial charge in [0.1, 0.15) is 11.3 Å². The fourth-order valence-electron chi connectivity index (χ4n) is 3.88. The Morgan fingerprint density at radius 1 is 1.29 bits per heavy atom. The minimum atomic E-state index is -3.11. The highest BCUT2D eigenvalue weighted by Gasteiger charge is 2.46. The van der Waals surface area contributed by atoms with Crippen molar-refractivity contribution in [1.82, 2.24) is 9.88 Å². The van der Waals surface area contributed by atoms with Crippen LogP contribution in [-0.2, 0) is 9.84 Å². The number of amides is 1. The van der Waals surface area contributed by atoms with E-state index < -0.39 is 20.9 Å². The third-order valence-corrected chi connectivity index (χ3v) is 7.29. The van der Waals surface area contributed by atoms with Gasteiger partial charge in [0, 0.05) is 24.2 Å². The second-order valence-electron chi connectivity index (χ2n) is 6.44. The zero-order chi connectivity index (χ0) is 16.9. The maximum absolute atomic E-state index is 13.7. The molecule has 2 aliphatic rings. The summed E-state index contributed by atoms with van der Waals surface area (Å²) in [5.41, 5.74) is 0.604. The zero-order valence-electron chi connectivity index (χ0n) is 13.0. The summed E-state index contributed by atoms with van der Waals surface area (Å²) < 4.78 is 38.1. The van der Waals surface area contributed by atoms with Gasteiger partial charge in [-0.15, -0.1) is 0 Å². The van der Waals surface area contributed by atoms with E-state index in [1.54, 1.807) is 23.1 Å². The van der Waals surface area contributed by atoms with Crippen LogP contribution in [0.3, 0.4) is 0 Å². The molecule has 1 saturated carbocycles. The number of carbonyl (C=O) groups excluding carboxylic acids is 1. The van der Waals surface area contributed by atoms with E-state index in [2.05, 4.69) is 4.98 Å². The fraction of sp³-hybridized carbons (Fsp3) is 0.412. The molecule has 2 heterocycles. The van der Waals surface area contributed by atoms with Crippen LogP contribution in [0.15, 0.2) is 30.5 Å². The lowest BCUT2D eigenvalue weighted by atomic mass is 10.1. The molecule has 2 atom stereocenters. The second-order valence-corrected chi connectivity index (χ2v) is 8.78. The number of aromatic nitrogens is 1. The Labute approximate surface area is 139 Å².